The van der Waals surface area contributed by atoms with Crippen molar-refractivity contribution >= 4 is 76.2 Å². The van der Waals surface area contributed by atoms with Crippen molar-refractivity contribution in [1.29, 1.82) is 0 Å². The van der Waals surface area contributed by atoms with Crippen molar-refractivity contribution in [1.82, 2.24) is 0 Å². The van der Waals surface area contributed by atoms with Crippen molar-refractivity contribution in [2.45, 2.75) is 0 Å². The molecule has 2 heterocycles. The second-order valence-electron chi connectivity index (χ2n) is 14.4. The van der Waals surface area contributed by atoms with Crippen LogP contribution in [0.2, 0.25) is 0 Å². The summed E-state index contributed by atoms with van der Waals surface area (Å²) in [7, 11) is 0. The van der Waals surface area contributed by atoms with Crippen molar-refractivity contribution in [2.24, 2.45) is 0 Å². The molecule has 0 bridgehead atoms. The van der Waals surface area contributed by atoms with Gasteiger partial charge >= 0.3 is 0 Å². The molecule has 0 aliphatic carbocycles. The van der Waals surface area contributed by atoms with Crippen LogP contribution in [0.4, 0.5) is 0 Å². The molecule has 0 saturated carbocycles. The van der Waals surface area contributed by atoms with Gasteiger partial charge in [-0.1, -0.05) is 145 Å². The number of furan rings is 2. The third kappa shape index (κ3) is 4.69. The molecule has 12 rings (SSSR count). The van der Waals surface area contributed by atoms with E-state index in [2.05, 4.69) is 109 Å². The number of hydrogen-bond acceptors (Lipinski definition) is 2. The molecule has 12 aromatic rings. The summed E-state index contributed by atoms with van der Waals surface area (Å²) >= 11 is 0. The lowest BCUT2D eigenvalue weighted by Crippen LogP contribution is -1.93. The fraction of sp³-hybridized carbons (Fsp3) is 0. The first-order chi connectivity index (χ1) is 29.8. The summed E-state index contributed by atoms with van der Waals surface area (Å²) in [5.74, 6) is 0. The number of para-hydroxylation sites is 2. The summed E-state index contributed by atoms with van der Waals surface area (Å²) in [4.78, 5) is 0. The van der Waals surface area contributed by atoms with Gasteiger partial charge in [0.2, 0.25) is 0 Å². The first-order valence-electron chi connectivity index (χ1n) is 21.2. The van der Waals surface area contributed by atoms with Gasteiger partial charge in [0.25, 0.3) is 0 Å². The lowest BCUT2D eigenvalue weighted by atomic mass is 9.83. The van der Waals surface area contributed by atoms with E-state index >= 15 is 0 Å². The van der Waals surface area contributed by atoms with Crippen LogP contribution in [0.15, 0.2) is 203 Å². The third-order valence-corrected chi connectivity index (χ3v) is 11.3. The fourth-order valence-electron chi connectivity index (χ4n) is 8.81. The molecule has 0 N–H and O–H groups in total. The van der Waals surface area contributed by atoms with Gasteiger partial charge in [-0.15, -0.1) is 0 Å². The Morgan fingerprint density at radius 2 is 0.786 bits per heavy atom. The van der Waals surface area contributed by atoms with Gasteiger partial charge in [0.15, 0.2) is 0 Å². The highest BCUT2D eigenvalue weighted by Gasteiger charge is 2.21. The van der Waals surface area contributed by atoms with Crippen molar-refractivity contribution in [2.75, 3.05) is 0 Å². The molecule has 10 aromatic carbocycles. The normalized spacial score (nSPS) is 13.2. The molecule has 260 valence electrons. The largest absolute Gasteiger partial charge is 0.456 e. The van der Waals surface area contributed by atoms with E-state index in [0.29, 0.717) is 5.56 Å². The van der Waals surface area contributed by atoms with Gasteiger partial charge in [-0.2, -0.15) is 0 Å². The summed E-state index contributed by atoms with van der Waals surface area (Å²) in [6.07, 6.45) is 0. The molecule has 0 aliphatic heterocycles. The van der Waals surface area contributed by atoms with Crippen LogP contribution in [0.5, 0.6) is 0 Å². The third-order valence-electron chi connectivity index (χ3n) is 11.3. The minimum Gasteiger partial charge on any atom is -0.456 e. The second-order valence-corrected chi connectivity index (χ2v) is 14.4. The molecular formula is C54H32O2. The summed E-state index contributed by atoms with van der Waals surface area (Å²) < 4.78 is 56.2. The summed E-state index contributed by atoms with van der Waals surface area (Å²) in [5, 5.41) is 10.3. The smallest absolute Gasteiger partial charge is 0.136 e. The van der Waals surface area contributed by atoms with Crippen molar-refractivity contribution in [3.05, 3.63) is 194 Å². The van der Waals surface area contributed by atoms with E-state index in [-0.39, 0.29) is 29.7 Å². The van der Waals surface area contributed by atoms with Crippen LogP contribution in [0.25, 0.3) is 121 Å². The molecule has 0 amide bonds. The molecule has 2 heteroatoms. The Labute approximate surface area is 329 Å². The van der Waals surface area contributed by atoms with Gasteiger partial charge < -0.3 is 8.83 Å². The molecule has 0 fully saturated rings. The SMILES string of the molecule is [2H]c1c([2H])c([2H])c(-c2ccc3c(-c4ccc5c(c4)oc4ccccc45)c4cc(-c5cccc6ccccc56)ccc4c(-c4ccc5c(c4)oc4ccccc45)c3c2)c([2H])c1[2H]. The minimum absolute atomic E-state index is 0.156. The molecule has 0 unspecified atom stereocenters. The Bertz CT molecular complexity index is 3810. The molecule has 2 nitrogen and oxygen atoms in total. The van der Waals surface area contributed by atoms with E-state index < -0.39 is 6.04 Å². The topological polar surface area (TPSA) is 26.3 Å². The maximum atomic E-state index is 8.94. The Hall–Kier alpha value is -7.42. The van der Waals surface area contributed by atoms with E-state index in [4.69, 9.17) is 15.7 Å². The number of fused-ring (bicyclic) bond motifs is 9. The summed E-state index contributed by atoms with van der Waals surface area (Å²) in [6, 6.07) is 54.7. The highest BCUT2D eigenvalue weighted by Crippen LogP contribution is 2.48. The van der Waals surface area contributed by atoms with Crippen molar-refractivity contribution < 1.29 is 15.7 Å². The van der Waals surface area contributed by atoms with Gasteiger partial charge in [-0.3, -0.25) is 0 Å². The summed E-state index contributed by atoms with van der Waals surface area (Å²) in [6.45, 7) is 0. The van der Waals surface area contributed by atoms with Crippen LogP contribution < -0.4 is 0 Å². The van der Waals surface area contributed by atoms with Gasteiger partial charge in [-0.25, -0.2) is 0 Å². The molecule has 56 heavy (non-hydrogen) atoms. The zero-order valence-corrected chi connectivity index (χ0v) is 29.9. The molecule has 0 atom stereocenters. The van der Waals surface area contributed by atoms with Gasteiger partial charge in [-0.05, 0) is 125 Å². The zero-order valence-electron chi connectivity index (χ0n) is 34.9. The lowest BCUT2D eigenvalue weighted by Gasteiger charge is -2.20. The predicted molar refractivity (Wildman–Crippen MR) is 235 cm³/mol. The minimum atomic E-state index is -0.421. The van der Waals surface area contributed by atoms with E-state index in [1.807, 2.05) is 54.6 Å². The average molecular weight is 718 g/mol. The Morgan fingerprint density at radius 1 is 0.304 bits per heavy atom. The number of rotatable bonds is 4. The van der Waals surface area contributed by atoms with Crippen LogP contribution in [0.1, 0.15) is 6.85 Å². The Morgan fingerprint density at radius 3 is 1.43 bits per heavy atom. The maximum Gasteiger partial charge on any atom is 0.136 e. The highest BCUT2D eigenvalue weighted by molar-refractivity contribution is 6.24. The Balaban J connectivity index is 1.23. The van der Waals surface area contributed by atoms with Crippen LogP contribution in [0, 0.1) is 0 Å². The number of benzene rings is 10. The second kappa shape index (κ2) is 12.0. The van der Waals surface area contributed by atoms with Gasteiger partial charge in [0, 0.05) is 21.5 Å². The highest BCUT2D eigenvalue weighted by atomic mass is 16.3. The standard InChI is InChI=1S/C54H32O2/c1-2-11-33(12-3-1)35-21-27-45-47(29-35)53(37-23-25-43-41-16-6-8-19-49(41)55-51(43)31-37)46-28-22-36(40-18-10-14-34-13-4-5-15-39(34)40)30-48(46)54(45)38-24-26-44-42-17-7-9-20-50(42)56-52(44)32-38/h1-32H/i1D,2D,3D,11D,12D. The van der Waals surface area contributed by atoms with Crippen LogP contribution >= 0.6 is 0 Å². The first-order valence-corrected chi connectivity index (χ1v) is 18.7. The Kier molecular flexibility index (Phi) is 5.67. The van der Waals surface area contributed by atoms with Gasteiger partial charge in [0.05, 0.1) is 6.85 Å². The first kappa shape index (κ1) is 26.4. The van der Waals surface area contributed by atoms with Crippen LogP contribution in [-0.2, 0) is 0 Å². The summed E-state index contributed by atoms with van der Waals surface area (Å²) in [5.41, 5.74) is 9.88. The lowest BCUT2D eigenvalue weighted by molar-refractivity contribution is 0.668. The van der Waals surface area contributed by atoms with E-state index in [1.54, 1.807) is 0 Å². The molecule has 0 aliphatic rings. The van der Waals surface area contributed by atoms with Crippen molar-refractivity contribution in [3.8, 4) is 44.5 Å². The van der Waals surface area contributed by atoms with E-state index in [1.165, 1.54) is 0 Å². The van der Waals surface area contributed by atoms with Gasteiger partial charge in [0.1, 0.15) is 22.3 Å². The zero-order chi connectivity index (χ0) is 41.1. The van der Waals surface area contributed by atoms with Crippen molar-refractivity contribution in [3.63, 3.8) is 0 Å². The van der Waals surface area contributed by atoms with E-state index in [0.717, 1.165) is 110 Å². The van der Waals surface area contributed by atoms with Crippen LogP contribution in [-0.4, -0.2) is 0 Å². The monoisotopic (exact) mass is 717 g/mol. The average Bonchev–Trinajstić information content (AvgIpc) is 3.86. The quantitative estimate of drug-likeness (QED) is 0.169. The predicted octanol–water partition coefficient (Wildman–Crippen LogP) is 15.6. The number of hydrogen-bond donors (Lipinski definition) is 0. The molecular weight excluding hydrogens is 681 g/mol. The molecule has 0 spiro atoms. The van der Waals surface area contributed by atoms with E-state index in [9.17, 15) is 0 Å². The molecule has 2 aromatic heterocycles. The molecule has 0 saturated heterocycles. The van der Waals surface area contributed by atoms with Crippen LogP contribution in [0.3, 0.4) is 0 Å². The fourth-order valence-corrected chi connectivity index (χ4v) is 8.81. The maximum absolute atomic E-state index is 8.94. The molecule has 0 radical (unpaired) electrons.